The largest absolute Gasteiger partial charge is 0.465 e. The van der Waals surface area contributed by atoms with Crippen LogP contribution in [0.1, 0.15) is 28.6 Å². The molecule has 1 spiro atoms. The summed E-state index contributed by atoms with van der Waals surface area (Å²) in [6.45, 7) is 10.9. The number of hydrogen-bond acceptors (Lipinski definition) is 5. The molecule has 0 bridgehead atoms. The number of thiazole rings is 1. The molecule has 2 fully saturated rings. The Labute approximate surface area is 135 Å². The molecule has 2 aromatic rings. The van der Waals surface area contributed by atoms with Crippen molar-refractivity contribution in [2.24, 2.45) is 5.41 Å². The number of likely N-dealkylation sites (tertiary alicyclic amines) is 2. The van der Waals surface area contributed by atoms with Gasteiger partial charge in [-0.25, -0.2) is 4.98 Å². The first-order valence-electron chi connectivity index (χ1n) is 8.01. The fourth-order valence-corrected chi connectivity index (χ4v) is 4.54. The van der Waals surface area contributed by atoms with Gasteiger partial charge < -0.3 is 4.42 Å². The van der Waals surface area contributed by atoms with Crippen LogP contribution in [0.25, 0.3) is 0 Å². The highest BCUT2D eigenvalue weighted by molar-refractivity contribution is 7.09. The van der Waals surface area contributed by atoms with Gasteiger partial charge in [-0.1, -0.05) is 0 Å². The highest BCUT2D eigenvalue weighted by atomic mass is 32.1. The van der Waals surface area contributed by atoms with E-state index in [1.165, 1.54) is 43.3 Å². The molecule has 5 heteroatoms. The molecule has 22 heavy (non-hydrogen) atoms. The van der Waals surface area contributed by atoms with Crippen LogP contribution in [-0.2, 0) is 13.1 Å². The third-order valence-electron chi connectivity index (χ3n) is 4.86. The van der Waals surface area contributed by atoms with E-state index in [2.05, 4.69) is 39.2 Å². The van der Waals surface area contributed by atoms with E-state index < -0.39 is 0 Å². The second-order valence-electron chi connectivity index (χ2n) is 6.98. The zero-order chi connectivity index (χ0) is 15.2. The van der Waals surface area contributed by atoms with Gasteiger partial charge in [-0.15, -0.1) is 11.3 Å². The van der Waals surface area contributed by atoms with Gasteiger partial charge in [0.1, 0.15) is 11.5 Å². The molecule has 0 unspecified atom stereocenters. The van der Waals surface area contributed by atoms with Gasteiger partial charge in [0.05, 0.1) is 17.2 Å². The normalized spacial score (nSPS) is 21.5. The summed E-state index contributed by atoms with van der Waals surface area (Å²) in [5.41, 5.74) is 1.76. The predicted octanol–water partition coefficient (Wildman–Crippen LogP) is 3.06. The van der Waals surface area contributed by atoms with Gasteiger partial charge in [0.25, 0.3) is 0 Å². The molecule has 2 aliphatic rings. The van der Waals surface area contributed by atoms with E-state index in [4.69, 9.17) is 4.42 Å². The predicted molar refractivity (Wildman–Crippen MR) is 87.9 cm³/mol. The van der Waals surface area contributed by atoms with E-state index in [0.717, 1.165) is 24.6 Å². The van der Waals surface area contributed by atoms with E-state index in [-0.39, 0.29) is 0 Å². The molecule has 2 aromatic heterocycles. The zero-order valence-corrected chi connectivity index (χ0v) is 14.2. The maximum absolute atomic E-state index is 5.68. The van der Waals surface area contributed by atoms with Gasteiger partial charge >= 0.3 is 0 Å². The maximum Gasteiger partial charge on any atom is 0.118 e. The number of hydrogen-bond donors (Lipinski definition) is 0. The quantitative estimate of drug-likeness (QED) is 0.867. The number of nitrogens with zero attached hydrogens (tertiary/aromatic N) is 3. The van der Waals surface area contributed by atoms with Crippen molar-refractivity contribution in [2.75, 3.05) is 26.2 Å². The van der Waals surface area contributed by atoms with Crippen LogP contribution in [0.3, 0.4) is 0 Å². The van der Waals surface area contributed by atoms with Gasteiger partial charge in [-0.2, -0.15) is 0 Å². The third-order valence-corrected chi connectivity index (χ3v) is 5.69. The van der Waals surface area contributed by atoms with Crippen molar-refractivity contribution in [2.45, 2.75) is 33.4 Å². The molecule has 118 valence electrons. The zero-order valence-electron chi connectivity index (χ0n) is 13.3. The van der Waals surface area contributed by atoms with E-state index >= 15 is 0 Å². The fourth-order valence-electron chi connectivity index (χ4n) is 3.94. The van der Waals surface area contributed by atoms with Gasteiger partial charge in [0.15, 0.2) is 0 Å². The Bertz CT molecular complexity index is 656. The summed E-state index contributed by atoms with van der Waals surface area (Å²) in [5, 5.41) is 3.37. The summed E-state index contributed by atoms with van der Waals surface area (Å²) in [6, 6.07) is 4.16. The first-order chi connectivity index (χ1) is 10.6. The van der Waals surface area contributed by atoms with Crippen molar-refractivity contribution in [3.05, 3.63) is 39.7 Å². The van der Waals surface area contributed by atoms with E-state index in [1.54, 1.807) is 11.3 Å². The van der Waals surface area contributed by atoms with E-state index in [9.17, 15) is 0 Å². The summed E-state index contributed by atoms with van der Waals surface area (Å²) in [6.07, 6.45) is 1.32. The second kappa shape index (κ2) is 5.48. The van der Waals surface area contributed by atoms with Crippen molar-refractivity contribution in [3.8, 4) is 0 Å². The maximum atomic E-state index is 5.68. The van der Waals surface area contributed by atoms with Crippen LogP contribution in [0.15, 0.2) is 21.9 Å². The molecule has 4 heterocycles. The lowest BCUT2D eigenvalue weighted by Gasteiger charge is -2.48. The Morgan fingerprint density at radius 3 is 2.68 bits per heavy atom. The van der Waals surface area contributed by atoms with Crippen molar-refractivity contribution < 1.29 is 4.42 Å². The number of furan rings is 1. The lowest BCUT2D eigenvalue weighted by atomic mass is 9.79. The topological polar surface area (TPSA) is 32.5 Å². The lowest BCUT2D eigenvalue weighted by Crippen LogP contribution is -2.56. The number of rotatable bonds is 4. The molecule has 0 atom stereocenters. The van der Waals surface area contributed by atoms with E-state index in [0.29, 0.717) is 5.41 Å². The van der Waals surface area contributed by atoms with Crippen LogP contribution in [0.5, 0.6) is 0 Å². The molecule has 0 aromatic carbocycles. The van der Waals surface area contributed by atoms with Gasteiger partial charge in [-0.05, 0) is 38.9 Å². The SMILES string of the molecule is Cc1ccc(CN2CC3(CCN(Cc4csc(C)n4)C3)C2)o1. The Balaban J connectivity index is 1.28. The molecule has 4 nitrogen and oxygen atoms in total. The molecule has 2 aliphatic heterocycles. The first-order valence-corrected chi connectivity index (χ1v) is 8.89. The summed E-state index contributed by atoms with van der Waals surface area (Å²) in [5.74, 6) is 2.11. The van der Waals surface area contributed by atoms with E-state index in [1.807, 2.05) is 6.92 Å². The van der Waals surface area contributed by atoms with Crippen LogP contribution in [0.2, 0.25) is 0 Å². The highest BCUT2D eigenvalue weighted by Gasteiger charge is 2.47. The first kappa shape index (κ1) is 14.4. The van der Waals surface area contributed by atoms with Crippen molar-refractivity contribution in [1.29, 1.82) is 0 Å². The van der Waals surface area contributed by atoms with Crippen LogP contribution < -0.4 is 0 Å². The highest BCUT2D eigenvalue weighted by Crippen LogP contribution is 2.40. The van der Waals surface area contributed by atoms with Crippen LogP contribution in [0, 0.1) is 19.3 Å². The molecule has 0 aliphatic carbocycles. The molecule has 0 amide bonds. The molecular weight excluding hydrogens is 294 g/mol. The smallest absolute Gasteiger partial charge is 0.118 e. The van der Waals surface area contributed by atoms with Crippen molar-refractivity contribution in [1.82, 2.24) is 14.8 Å². The monoisotopic (exact) mass is 317 g/mol. The van der Waals surface area contributed by atoms with Crippen LogP contribution >= 0.6 is 11.3 Å². The van der Waals surface area contributed by atoms with Gasteiger partial charge in [0, 0.05) is 37.0 Å². The van der Waals surface area contributed by atoms with Crippen molar-refractivity contribution >= 4 is 11.3 Å². The second-order valence-corrected chi connectivity index (χ2v) is 8.04. The number of aromatic nitrogens is 1. The summed E-state index contributed by atoms with van der Waals surface area (Å²) < 4.78 is 5.68. The van der Waals surface area contributed by atoms with Crippen molar-refractivity contribution in [3.63, 3.8) is 0 Å². The lowest BCUT2D eigenvalue weighted by molar-refractivity contribution is -0.00286. The Morgan fingerprint density at radius 2 is 2.00 bits per heavy atom. The Kier molecular flexibility index (Phi) is 3.59. The van der Waals surface area contributed by atoms with Crippen LogP contribution in [-0.4, -0.2) is 41.0 Å². The fraction of sp³-hybridized carbons (Fsp3) is 0.588. The summed E-state index contributed by atoms with van der Waals surface area (Å²) in [4.78, 5) is 9.67. The van der Waals surface area contributed by atoms with Gasteiger partial charge in [-0.3, -0.25) is 9.80 Å². The minimum Gasteiger partial charge on any atom is -0.465 e. The molecular formula is C17H23N3OS. The van der Waals surface area contributed by atoms with Crippen LogP contribution in [0.4, 0.5) is 0 Å². The minimum atomic E-state index is 0.521. The standard InChI is InChI=1S/C17H23N3OS/c1-13-3-4-16(21-13)8-20-11-17(12-20)5-6-19(10-17)7-15-9-22-14(2)18-15/h3-4,9H,5-8,10-12H2,1-2H3. The molecule has 0 saturated carbocycles. The average Bonchev–Trinajstić information content (AvgIpc) is 3.12. The summed E-state index contributed by atoms with van der Waals surface area (Å²) in [7, 11) is 0. The molecule has 0 N–H and O–H groups in total. The van der Waals surface area contributed by atoms with Gasteiger partial charge in [0.2, 0.25) is 0 Å². The number of aryl methyl sites for hydroxylation is 2. The molecule has 0 radical (unpaired) electrons. The Morgan fingerprint density at radius 1 is 1.18 bits per heavy atom. The Hall–Kier alpha value is -1.17. The average molecular weight is 317 g/mol. The minimum absolute atomic E-state index is 0.521. The molecule has 4 rings (SSSR count). The third kappa shape index (κ3) is 2.85. The summed E-state index contributed by atoms with van der Waals surface area (Å²) >= 11 is 1.75. The molecule has 2 saturated heterocycles.